The van der Waals surface area contributed by atoms with Gasteiger partial charge in [-0.3, -0.25) is 0 Å². The van der Waals surface area contributed by atoms with Gasteiger partial charge in [-0.15, -0.1) is 0 Å². The quantitative estimate of drug-likeness (QED) is 0.574. The van der Waals surface area contributed by atoms with Crippen molar-refractivity contribution in [3.8, 4) is 11.5 Å². The van der Waals surface area contributed by atoms with E-state index in [2.05, 4.69) is 24.1 Å². The second-order valence-corrected chi connectivity index (χ2v) is 4.52. The van der Waals surface area contributed by atoms with Crippen LogP contribution < -0.4 is 10.2 Å². The lowest BCUT2D eigenvalue weighted by atomic mass is 10.2. The lowest BCUT2D eigenvalue weighted by molar-refractivity contribution is 0.475. The molecule has 0 heterocycles. The average molecular weight is 272 g/mol. The van der Waals surface area contributed by atoms with Crippen molar-refractivity contribution in [3.63, 3.8) is 0 Å². The lowest BCUT2D eigenvalue weighted by Crippen LogP contribution is -2.22. The zero-order valence-electron chi connectivity index (χ0n) is 11.8. The molecule has 0 aliphatic rings. The highest BCUT2D eigenvalue weighted by atomic mass is 16.3. The molecule has 0 aromatic heterocycles. The van der Waals surface area contributed by atoms with Crippen molar-refractivity contribution >= 4 is 17.1 Å². The fourth-order valence-electron chi connectivity index (χ4n) is 2.18. The highest BCUT2D eigenvalue weighted by molar-refractivity contribution is 5.78. The largest absolute Gasteiger partial charge is 0.508 e. The maximum atomic E-state index is 9.84. The van der Waals surface area contributed by atoms with Gasteiger partial charge in [0.05, 0.1) is 17.1 Å². The number of nitrogens with one attached hydrogen (secondary N) is 1. The third-order valence-corrected chi connectivity index (χ3v) is 3.26. The molecule has 0 fully saturated rings. The van der Waals surface area contributed by atoms with Crippen molar-refractivity contribution in [1.29, 1.82) is 0 Å². The van der Waals surface area contributed by atoms with Crippen LogP contribution in [0.2, 0.25) is 0 Å². The molecule has 3 N–H and O–H groups in total. The van der Waals surface area contributed by atoms with Crippen LogP contribution in [0, 0.1) is 0 Å². The average Bonchev–Trinajstić information content (AvgIpc) is 2.45. The van der Waals surface area contributed by atoms with Crippen molar-refractivity contribution < 1.29 is 10.2 Å². The van der Waals surface area contributed by atoms with Gasteiger partial charge in [0, 0.05) is 19.2 Å². The number of nitrogens with zero attached hydrogens (tertiary/aromatic N) is 1. The highest BCUT2D eigenvalue weighted by Crippen LogP contribution is 2.34. The van der Waals surface area contributed by atoms with Crippen molar-refractivity contribution in [1.82, 2.24) is 0 Å². The molecule has 4 heteroatoms. The number of benzene rings is 2. The van der Waals surface area contributed by atoms with E-state index in [-0.39, 0.29) is 11.5 Å². The van der Waals surface area contributed by atoms with Crippen molar-refractivity contribution in [3.05, 3.63) is 42.5 Å². The minimum absolute atomic E-state index is 0.200. The SMILES string of the molecule is CCN(CC)c1cc(O)ccc1Nc1ccccc1O. The number of rotatable bonds is 5. The second-order valence-electron chi connectivity index (χ2n) is 4.52. The van der Waals surface area contributed by atoms with Crippen LogP contribution in [0.5, 0.6) is 11.5 Å². The molecule has 2 aromatic carbocycles. The number of anilines is 3. The molecule has 0 radical (unpaired) electrons. The van der Waals surface area contributed by atoms with Crippen LogP contribution in [-0.2, 0) is 0 Å². The van der Waals surface area contributed by atoms with E-state index < -0.39 is 0 Å². The normalized spacial score (nSPS) is 10.3. The summed E-state index contributed by atoms with van der Waals surface area (Å²) in [7, 11) is 0. The summed E-state index contributed by atoms with van der Waals surface area (Å²) in [5.41, 5.74) is 2.41. The minimum Gasteiger partial charge on any atom is -0.508 e. The van der Waals surface area contributed by atoms with Crippen molar-refractivity contribution in [2.45, 2.75) is 13.8 Å². The van der Waals surface area contributed by atoms with Crippen LogP contribution >= 0.6 is 0 Å². The summed E-state index contributed by atoms with van der Waals surface area (Å²) in [5.74, 6) is 0.431. The third-order valence-electron chi connectivity index (χ3n) is 3.26. The summed E-state index contributed by atoms with van der Waals surface area (Å²) in [6.07, 6.45) is 0. The van der Waals surface area contributed by atoms with Gasteiger partial charge in [0.25, 0.3) is 0 Å². The summed E-state index contributed by atoms with van der Waals surface area (Å²) in [5, 5.41) is 22.8. The van der Waals surface area contributed by atoms with E-state index in [0.29, 0.717) is 5.69 Å². The van der Waals surface area contributed by atoms with Gasteiger partial charge in [0.2, 0.25) is 0 Å². The van der Waals surface area contributed by atoms with E-state index >= 15 is 0 Å². The molecule has 0 aliphatic heterocycles. The number of aromatic hydroxyl groups is 2. The molecule has 0 aliphatic carbocycles. The van der Waals surface area contributed by atoms with E-state index in [9.17, 15) is 10.2 Å². The zero-order chi connectivity index (χ0) is 14.5. The molecule has 4 nitrogen and oxygen atoms in total. The summed E-state index contributed by atoms with van der Waals surface area (Å²) >= 11 is 0. The van der Waals surface area contributed by atoms with Gasteiger partial charge in [-0.25, -0.2) is 0 Å². The maximum Gasteiger partial charge on any atom is 0.139 e. The predicted octanol–water partition coefficient (Wildman–Crippen LogP) is 3.69. The molecule has 0 amide bonds. The first-order valence-electron chi connectivity index (χ1n) is 6.78. The Hall–Kier alpha value is -2.36. The van der Waals surface area contributed by atoms with E-state index in [0.717, 1.165) is 24.5 Å². The number of hydrogen-bond acceptors (Lipinski definition) is 4. The third kappa shape index (κ3) is 2.96. The molecule has 20 heavy (non-hydrogen) atoms. The Kier molecular flexibility index (Phi) is 4.35. The molecule has 0 atom stereocenters. The molecular weight excluding hydrogens is 252 g/mol. The molecule has 0 bridgehead atoms. The fourth-order valence-corrected chi connectivity index (χ4v) is 2.18. The second kappa shape index (κ2) is 6.19. The number of para-hydroxylation sites is 2. The molecule has 0 spiro atoms. The minimum atomic E-state index is 0.200. The van der Waals surface area contributed by atoms with Crippen LogP contribution in [0.15, 0.2) is 42.5 Å². The predicted molar refractivity (Wildman–Crippen MR) is 83.1 cm³/mol. The molecule has 0 saturated carbocycles. The van der Waals surface area contributed by atoms with Crippen molar-refractivity contribution in [2.75, 3.05) is 23.3 Å². The van der Waals surface area contributed by atoms with E-state index in [1.165, 1.54) is 0 Å². The number of hydrogen-bond donors (Lipinski definition) is 3. The molecule has 2 rings (SSSR count). The van der Waals surface area contributed by atoms with Crippen LogP contribution in [0.25, 0.3) is 0 Å². The standard InChI is InChI=1S/C16H20N2O2/c1-3-18(4-2)15-11-12(19)9-10-13(15)17-14-7-5-6-8-16(14)20/h5-11,17,19-20H,3-4H2,1-2H3. The van der Waals surface area contributed by atoms with Crippen LogP contribution in [-0.4, -0.2) is 23.3 Å². The van der Waals surface area contributed by atoms with E-state index in [1.54, 1.807) is 24.3 Å². The Morgan fingerprint density at radius 1 is 0.950 bits per heavy atom. The summed E-state index contributed by atoms with van der Waals surface area (Å²) < 4.78 is 0. The van der Waals surface area contributed by atoms with Gasteiger partial charge in [0.15, 0.2) is 0 Å². The summed E-state index contributed by atoms with van der Waals surface area (Å²) in [6, 6.07) is 12.3. The van der Waals surface area contributed by atoms with Crippen LogP contribution in [0.1, 0.15) is 13.8 Å². The van der Waals surface area contributed by atoms with E-state index in [4.69, 9.17) is 0 Å². The van der Waals surface area contributed by atoms with Crippen LogP contribution in [0.4, 0.5) is 17.1 Å². The Morgan fingerprint density at radius 3 is 2.30 bits per heavy atom. The zero-order valence-corrected chi connectivity index (χ0v) is 11.8. The lowest BCUT2D eigenvalue weighted by Gasteiger charge is -2.25. The smallest absolute Gasteiger partial charge is 0.139 e. The fraction of sp³-hybridized carbons (Fsp3) is 0.250. The summed E-state index contributed by atoms with van der Waals surface area (Å²) in [4.78, 5) is 2.14. The molecular formula is C16H20N2O2. The van der Waals surface area contributed by atoms with Gasteiger partial charge >= 0.3 is 0 Å². The number of phenolic OH excluding ortho intramolecular Hbond substituents is 2. The maximum absolute atomic E-state index is 9.84. The monoisotopic (exact) mass is 272 g/mol. The molecule has 106 valence electrons. The molecule has 0 unspecified atom stereocenters. The van der Waals surface area contributed by atoms with Gasteiger partial charge in [-0.2, -0.15) is 0 Å². The summed E-state index contributed by atoms with van der Waals surface area (Å²) in [6.45, 7) is 5.82. The first-order chi connectivity index (χ1) is 9.65. The van der Waals surface area contributed by atoms with Gasteiger partial charge in [0.1, 0.15) is 11.5 Å². The van der Waals surface area contributed by atoms with E-state index in [1.807, 2.05) is 18.2 Å². The number of phenols is 2. The Morgan fingerprint density at radius 2 is 1.65 bits per heavy atom. The van der Waals surface area contributed by atoms with Gasteiger partial charge in [-0.05, 0) is 38.1 Å². The Labute approximate surface area is 119 Å². The Bertz CT molecular complexity index is 580. The van der Waals surface area contributed by atoms with Gasteiger partial charge in [-0.1, -0.05) is 12.1 Å². The highest BCUT2D eigenvalue weighted by Gasteiger charge is 2.11. The molecule has 0 saturated heterocycles. The molecule has 2 aromatic rings. The Balaban J connectivity index is 2.39. The topological polar surface area (TPSA) is 55.7 Å². The first-order valence-corrected chi connectivity index (χ1v) is 6.78. The first kappa shape index (κ1) is 14.1. The van der Waals surface area contributed by atoms with Crippen molar-refractivity contribution in [2.24, 2.45) is 0 Å². The van der Waals surface area contributed by atoms with Gasteiger partial charge < -0.3 is 20.4 Å². The van der Waals surface area contributed by atoms with Crippen LogP contribution in [0.3, 0.4) is 0 Å².